The first kappa shape index (κ1) is 10.9. The van der Waals surface area contributed by atoms with Gasteiger partial charge in [0.15, 0.2) is 0 Å². The minimum Gasteiger partial charge on any atom is -0.373 e. The lowest BCUT2D eigenvalue weighted by atomic mass is 10.2. The molecule has 1 aliphatic heterocycles. The van der Waals surface area contributed by atoms with E-state index in [9.17, 15) is 0 Å². The number of anilines is 1. The Morgan fingerprint density at radius 2 is 2.47 bits per heavy atom. The molecule has 0 aliphatic carbocycles. The predicted octanol–water partition coefficient (Wildman–Crippen LogP) is 1.01. The molecule has 2 rings (SSSR count). The monoisotopic (exact) mass is 271 g/mol. The first-order chi connectivity index (χ1) is 7.29. The van der Waals surface area contributed by atoms with E-state index in [4.69, 9.17) is 10.5 Å². The molecule has 0 spiro atoms. The maximum atomic E-state index is 5.59. The van der Waals surface area contributed by atoms with Crippen LogP contribution in [-0.4, -0.2) is 37.3 Å². The van der Waals surface area contributed by atoms with E-state index in [2.05, 4.69) is 25.8 Å². The van der Waals surface area contributed by atoms with Crippen molar-refractivity contribution in [2.75, 3.05) is 31.1 Å². The van der Waals surface area contributed by atoms with Crippen molar-refractivity contribution in [2.24, 2.45) is 5.73 Å². The highest BCUT2D eigenvalue weighted by Crippen LogP contribution is 2.17. The van der Waals surface area contributed by atoms with Gasteiger partial charge in [-0.05, 0) is 28.1 Å². The van der Waals surface area contributed by atoms with Crippen molar-refractivity contribution < 1.29 is 4.74 Å². The Morgan fingerprint density at radius 1 is 1.60 bits per heavy atom. The van der Waals surface area contributed by atoms with E-state index < -0.39 is 0 Å². The topological polar surface area (TPSA) is 51.4 Å². The second-order valence-electron chi connectivity index (χ2n) is 3.51. The number of hydrogen-bond donors (Lipinski definition) is 1. The summed E-state index contributed by atoms with van der Waals surface area (Å²) in [7, 11) is 0. The van der Waals surface area contributed by atoms with Gasteiger partial charge in [-0.15, -0.1) is 0 Å². The fourth-order valence-electron chi connectivity index (χ4n) is 1.63. The zero-order valence-corrected chi connectivity index (χ0v) is 9.98. The van der Waals surface area contributed by atoms with E-state index in [1.54, 1.807) is 0 Å². The Labute approximate surface area is 97.6 Å². The maximum Gasteiger partial charge on any atom is 0.128 e. The molecule has 2 heterocycles. The molecule has 0 unspecified atom stereocenters. The van der Waals surface area contributed by atoms with E-state index in [-0.39, 0.29) is 6.10 Å². The van der Waals surface area contributed by atoms with Gasteiger partial charge in [-0.1, -0.05) is 0 Å². The molecule has 5 heteroatoms. The lowest BCUT2D eigenvalue weighted by molar-refractivity contribution is 0.0463. The first-order valence-electron chi connectivity index (χ1n) is 4.98. The fraction of sp³-hybridized carbons (Fsp3) is 0.500. The molecule has 1 aliphatic rings. The summed E-state index contributed by atoms with van der Waals surface area (Å²) in [5.74, 6) is 0.986. The fourth-order valence-corrected chi connectivity index (χ4v) is 1.86. The van der Waals surface area contributed by atoms with Crippen LogP contribution < -0.4 is 10.6 Å². The second-order valence-corrected chi connectivity index (χ2v) is 4.42. The van der Waals surface area contributed by atoms with Crippen LogP contribution in [-0.2, 0) is 4.74 Å². The number of nitrogens with two attached hydrogens (primary N) is 1. The molecular weight excluding hydrogens is 258 g/mol. The van der Waals surface area contributed by atoms with Gasteiger partial charge < -0.3 is 15.4 Å². The molecule has 15 heavy (non-hydrogen) atoms. The summed E-state index contributed by atoms with van der Waals surface area (Å²) in [6, 6.07) is 4.00. The Balaban J connectivity index is 2.06. The largest absolute Gasteiger partial charge is 0.373 e. The Kier molecular flexibility index (Phi) is 3.56. The van der Waals surface area contributed by atoms with Gasteiger partial charge in [-0.2, -0.15) is 0 Å². The van der Waals surface area contributed by atoms with Crippen LogP contribution in [0.5, 0.6) is 0 Å². The maximum absolute atomic E-state index is 5.59. The number of nitrogens with zero attached hydrogens (tertiary/aromatic N) is 2. The van der Waals surface area contributed by atoms with Crippen LogP contribution in [0.15, 0.2) is 22.8 Å². The first-order valence-corrected chi connectivity index (χ1v) is 5.77. The SMILES string of the molecule is NC[C@H]1CN(c2ccc(Br)cn2)CCO1. The molecule has 1 saturated heterocycles. The van der Waals surface area contributed by atoms with Gasteiger partial charge >= 0.3 is 0 Å². The highest BCUT2D eigenvalue weighted by molar-refractivity contribution is 9.10. The summed E-state index contributed by atoms with van der Waals surface area (Å²) in [6.07, 6.45) is 1.94. The summed E-state index contributed by atoms with van der Waals surface area (Å²) < 4.78 is 6.49. The van der Waals surface area contributed by atoms with Crippen LogP contribution in [0.25, 0.3) is 0 Å². The number of morpholine rings is 1. The van der Waals surface area contributed by atoms with E-state index in [0.29, 0.717) is 6.54 Å². The molecule has 1 aromatic heterocycles. The number of hydrogen-bond acceptors (Lipinski definition) is 4. The van der Waals surface area contributed by atoms with Crippen LogP contribution >= 0.6 is 15.9 Å². The number of halogens is 1. The molecule has 0 bridgehead atoms. The van der Waals surface area contributed by atoms with Crippen molar-refractivity contribution in [3.8, 4) is 0 Å². The van der Waals surface area contributed by atoms with Crippen molar-refractivity contribution >= 4 is 21.7 Å². The van der Waals surface area contributed by atoms with E-state index >= 15 is 0 Å². The third kappa shape index (κ3) is 2.68. The van der Waals surface area contributed by atoms with Gasteiger partial charge in [0.25, 0.3) is 0 Å². The van der Waals surface area contributed by atoms with Gasteiger partial charge in [0.05, 0.1) is 12.7 Å². The minimum atomic E-state index is 0.129. The number of aromatic nitrogens is 1. The summed E-state index contributed by atoms with van der Waals surface area (Å²) in [5.41, 5.74) is 5.59. The molecule has 2 N–H and O–H groups in total. The Hall–Kier alpha value is -0.650. The molecule has 4 nitrogen and oxygen atoms in total. The predicted molar refractivity (Wildman–Crippen MR) is 62.9 cm³/mol. The van der Waals surface area contributed by atoms with Crippen molar-refractivity contribution in [1.29, 1.82) is 0 Å². The van der Waals surface area contributed by atoms with Crippen LogP contribution in [0.3, 0.4) is 0 Å². The van der Waals surface area contributed by atoms with E-state index in [0.717, 1.165) is 30.0 Å². The van der Waals surface area contributed by atoms with Crippen LogP contribution in [0, 0.1) is 0 Å². The molecule has 0 radical (unpaired) electrons. The smallest absolute Gasteiger partial charge is 0.128 e. The van der Waals surface area contributed by atoms with Crippen molar-refractivity contribution in [3.63, 3.8) is 0 Å². The van der Waals surface area contributed by atoms with Gasteiger partial charge in [0, 0.05) is 30.3 Å². The third-order valence-corrected chi connectivity index (χ3v) is 2.91. The average molecular weight is 272 g/mol. The molecule has 0 saturated carbocycles. The van der Waals surface area contributed by atoms with Gasteiger partial charge in [-0.25, -0.2) is 4.98 Å². The van der Waals surface area contributed by atoms with E-state index in [1.807, 2.05) is 18.3 Å². The Bertz CT molecular complexity index is 317. The normalized spacial score (nSPS) is 21.7. The summed E-state index contributed by atoms with van der Waals surface area (Å²) in [5, 5.41) is 0. The lowest BCUT2D eigenvalue weighted by Crippen LogP contribution is -2.46. The second kappa shape index (κ2) is 4.92. The zero-order chi connectivity index (χ0) is 10.7. The van der Waals surface area contributed by atoms with Gasteiger partial charge in [-0.3, -0.25) is 0 Å². The van der Waals surface area contributed by atoms with Gasteiger partial charge in [0.1, 0.15) is 5.82 Å². The standard InChI is InChI=1S/C10H14BrN3O/c11-8-1-2-10(13-6-8)14-3-4-15-9(5-12)7-14/h1-2,6,9H,3-5,7,12H2/t9-/m0/s1. The van der Waals surface area contributed by atoms with Crippen molar-refractivity contribution in [1.82, 2.24) is 4.98 Å². The quantitative estimate of drug-likeness (QED) is 0.873. The lowest BCUT2D eigenvalue weighted by Gasteiger charge is -2.33. The van der Waals surface area contributed by atoms with Gasteiger partial charge in [0.2, 0.25) is 0 Å². The molecule has 1 atom stereocenters. The van der Waals surface area contributed by atoms with Crippen molar-refractivity contribution in [3.05, 3.63) is 22.8 Å². The molecule has 0 amide bonds. The third-order valence-electron chi connectivity index (χ3n) is 2.44. The number of ether oxygens (including phenoxy) is 1. The summed E-state index contributed by atoms with van der Waals surface area (Å²) in [4.78, 5) is 6.56. The summed E-state index contributed by atoms with van der Waals surface area (Å²) in [6.45, 7) is 2.99. The Morgan fingerprint density at radius 3 is 3.13 bits per heavy atom. The van der Waals surface area contributed by atoms with Crippen LogP contribution in [0.1, 0.15) is 0 Å². The summed E-state index contributed by atoms with van der Waals surface area (Å²) >= 11 is 3.37. The molecule has 1 aromatic rings. The number of rotatable bonds is 2. The van der Waals surface area contributed by atoms with E-state index in [1.165, 1.54) is 0 Å². The van der Waals surface area contributed by atoms with Crippen LogP contribution in [0.4, 0.5) is 5.82 Å². The molecule has 82 valence electrons. The molecule has 1 fully saturated rings. The highest BCUT2D eigenvalue weighted by Gasteiger charge is 2.19. The molecule has 0 aromatic carbocycles. The minimum absolute atomic E-state index is 0.129. The highest BCUT2D eigenvalue weighted by atomic mass is 79.9. The zero-order valence-electron chi connectivity index (χ0n) is 8.40. The number of pyridine rings is 1. The van der Waals surface area contributed by atoms with Crippen molar-refractivity contribution in [2.45, 2.75) is 6.10 Å². The molecular formula is C10H14BrN3O. The van der Waals surface area contributed by atoms with Crippen LogP contribution in [0.2, 0.25) is 0 Å². The average Bonchev–Trinajstić information content (AvgIpc) is 2.30.